The lowest BCUT2D eigenvalue weighted by Crippen LogP contribution is -1.90. The molecule has 0 N–H and O–H groups in total. The van der Waals surface area contributed by atoms with Gasteiger partial charge in [0.2, 0.25) is 0 Å². The Bertz CT molecular complexity index is 531. The summed E-state index contributed by atoms with van der Waals surface area (Å²) in [7, 11) is 1.95. The Morgan fingerprint density at radius 3 is 2.67 bits per heavy atom. The molecule has 0 aliphatic heterocycles. The van der Waals surface area contributed by atoms with E-state index in [4.69, 9.17) is 0 Å². The van der Waals surface area contributed by atoms with Gasteiger partial charge < -0.3 is 4.57 Å². The van der Waals surface area contributed by atoms with Gasteiger partial charge in [0.25, 0.3) is 0 Å². The first-order valence-electron chi connectivity index (χ1n) is 4.98. The molecular weight excluding hydrogens is 189 g/mol. The quantitative estimate of drug-likeness (QED) is 0.665. The first-order chi connectivity index (χ1) is 7.08. The van der Waals surface area contributed by atoms with Crippen LogP contribution in [-0.2, 0) is 7.05 Å². The average molecular weight is 203 g/mol. The third-order valence-electron chi connectivity index (χ3n) is 2.48. The molecule has 1 nitrogen and oxygen atoms in total. The van der Waals surface area contributed by atoms with Gasteiger partial charge in [-0.2, -0.15) is 0 Å². The molecule has 1 aromatic carbocycles. The minimum absolute atomic E-state index is 0.188. The minimum atomic E-state index is -0.188. The van der Waals surface area contributed by atoms with E-state index in [1.165, 1.54) is 11.6 Å². The SMILES string of the molecule is CC(C)=Cc1cc2ccc(F)cc2n1C. The smallest absolute Gasteiger partial charge is 0.125 e. The van der Waals surface area contributed by atoms with Crippen molar-refractivity contribution in [3.63, 3.8) is 0 Å². The maximum atomic E-state index is 13.1. The molecule has 0 unspecified atom stereocenters. The molecule has 0 aliphatic rings. The minimum Gasteiger partial charge on any atom is -0.344 e. The lowest BCUT2D eigenvalue weighted by atomic mass is 10.2. The molecule has 2 rings (SSSR count). The van der Waals surface area contributed by atoms with Crippen molar-refractivity contribution in [2.45, 2.75) is 13.8 Å². The van der Waals surface area contributed by atoms with E-state index in [2.05, 4.69) is 26.0 Å². The normalized spacial score (nSPS) is 10.7. The van der Waals surface area contributed by atoms with E-state index in [0.29, 0.717) is 0 Å². The number of rotatable bonds is 1. The highest BCUT2D eigenvalue weighted by Gasteiger charge is 2.04. The monoisotopic (exact) mass is 203 g/mol. The largest absolute Gasteiger partial charge is 0.344 e. The number of allylic oxidation sites excluding steroid dienone is 1. The molecule has 0 fully saturated rings. The Morgan fingerprint density at radius 1 is 1.27 bits per heavy atom. The van der Waals surface area contributed by atoms with Gasteiger partial charge in [-0.15, -0.1) is 0 Å². The highest BCUT2D eigenvalue weighted by molar-refractivity contribution is 5.83. The molecule has 2 heteroatoms. The molecule has 0 saturated carbocycles. The van der Waals surface area contributed by atoms with Crippen molar-refractivity contribution in [2.24, 2.45) is 7.05 Å². The molecule has 0 spiro atoms. The standard InChI is InChI=1S/C13H14FN/c1-9(2)6-12-7-10-4-5-11(14)8-13(10)15(12)3/h4-8H,1-3H3. The molecule has 0 radical (unpaired) electrons. The van der Waals surface area contributed by atoms with Gasteiger partial charge in [0.15, 0.2) is 0 Å². The van der Waals surface area contributed by atoms with E-state index >= 15 is 0 Å². The fraction of sp³-hybridized carbons (Fsp3) is 0.231. The maximum Gasteiger partial charge on any atom is 0.125 e. The van der Waals surface area contributed by atoms with E-state index in [0.717, 1.165) is 16.6 Å². The van der Waals surface area contributed by atoms with Crippen molar-refractivity contribution in [3.8, 4) is 0 Å². The zero-order valence-corrected chi connectivity index (χ0v) is 9.21. The third-order valence-corrected chi connectivity index (χ3v) is 2.48. The summed E-state index contributed by atoms with van der Waals surface area (Å²) in [6.07, 6.45) is 2.10. The van der Waals surface area contributed by atoms with Crippen LogP contribution in [-0.4, -0.2) is 4.57 Å². The molecule has 15 heavy (non-hydrogen) atoms. The predicted octanol–water partition coefficient (Wildman–Crippen LogP) is 3.74. The lowest BCUT2D eigenvalue weighted by molar-refractivity contribution is 0.629. The first kappa shape index (κ1) is 9.97. The van der Waals surface area contributed by atoms with Crippen LogP contribution in [0.4, 0.5) is 4.39 Å². The fourth-order valence-electron chi connectivity index (χ4n) is 1.76. The summed E-state index contributed by atoms with van der Waals surface area (Å²) in [6, 6.07) is 6.95. The molecule has 1 heterocycles. The van der Waals surface area contributed by atoms with Crippen LogP contribution in [0.3, 0.4) is 0 Å². The Labute approximate surface area is 88.8 Å². The molecule has 0 bridgehead atoms. The zero-order chi connectivity index (χ0) is 11.0. The van der Waals surface area contributed by atoms with Gasteiger partial charge in [0.1, 0.15) is 5.82 Å². The Morgan fingerprint density at radius 2 is 2.00 bits per heavy atom. The number of hydrogen-bond acceptors (Lipinski definition) is 0. The van der Waals surface area contributed by atoms with Gasteiger partial charge in [0, 0.05) is 18.1 Å². The molecule has 0 atom stereocenters. The lowest BCUT2D eigenvalue weighted by Gasteiger charge is -1.99. The number of aryl methyl sites for hydroxylation is 1. The molecule has 0 amide bonds. The van der Waals surface area contributed by atoms with Crippen LogP contribution in [0, 0.1) is 5.82 Å². The van der Waals surface area contributed by atoms with Crippen molar-refractivity contribution in [1.29, 1.82) is 0 Å². The second-order valence-corrected chi connectivity index (χ2v) is 4.05. The van der Waals surface area contributed by atoms with E-state index < -0.39 is 0 Å². The van der Waals surface area contributed by atoms with Gasteiger partial charge in [-0.1, -0.05) is 5.57 Å². The van der Waals surface area contributed by atoms with Gasteiger partial charge in [-0.3, -0.25) is 0 Å². The number of halogens is 1. The third kappa shape index (κ3) is 1.80. The molecule has 0 aliphatic carbocycles. The van der Waals surface area contributed by atoms with Gasteiger partial charge in [-0.25, -0.2) is 4.39 Å². The number of aromatic nitrogens is 1. The summed E-state index contributed by atoms with van der Waals surface area (Å²) >= 11 is 0. The van der Waals surface area contributed by atoms with E-state index in [9.17, 15) is 4.39 Å². The maximum absolute atomic E-state index is 13.1. The van der Waals surface area contributed by atoms with Crippen LogP contribution in [0.25, 0.3) is 17.0 Å². The molecule has 1 aromatic heterocycles. The first-order valence-corrected chi connectivity index (χ1v) is 4.98. The second-order valence-electron chi connectivity index (χ2n) is 4.05. The topological polar surface area (TPSA) is 4.93 Å². The van der Waals surface area contributed by atoms with Gasteiger partial charge in [-0.05, 0) is 44.2 Å². The van der Waals surface area contributed by atoms with Crippen LogP contribution in [0.1, 0.15) is 19.5 Å². The summed E-state index contributed by atoms with van der Waals surface area (Å²) < 4.78 is 15.1. The second kappa shape index (κ2) is 3.54. The van der Waals surface area contributed by atoms with Crippen molar-refractivity contribution < 1.29 is 4.39 Å². The Kier molecular flexibility index (Phi) is 2.35. The van der Waals surface area contributed by atoms with Crippen LogP contribution in [0.2, 0.25) is 0 Å². The number of nitrogens with zero attached hydrogens (tertiary/aromatic N) is 1. The molecule has 2 aromatic rings. The zero-order valence-electron chi connectivity index (χ0n) is 9.21. The molecule has 78 valence electrons. The Balaban J connectivity index is 2.70. The van der Waals surface area contributed by atoms with Crippen LogP contribution in [0.15, 0.2) is 29.8 Å². The summed E-state index contributed by atoms with van der Waals surface area (Å²) in [4.78, 5) is 0. The van der Waals surface area contributed by atoms with E-state index in [1.54, 1.807) is 6.07 Å². The van der Waals surface area contributed by atoms with Crippen LogP contribution >= 0.6 is 0 Å². The molecular formula is C13H14FN. The van der Waals surface area contributed by atoms with Gasteiger partial charge >= 0.3 is 0 Å². The number of hydrogen-bond donors (Lipinski definition) is 0. The van der Waals surface area contributed by atoms with Crippen LogP contribution < -0.4 is 0 Å². The summed E-state index contributed by atoms with van der Waals surface area (Å²) in [6.45, 7) is 4.11. The highest BCUT2D eigenvalue weighted by atomic mass is 19.1. The van der Waals surface area contributed by atoms with E-state index in [1.807, 2.05) is 17.7 Å². The van der Waals surface area contributed by atoms with Crippen molar-refractivity contribution in [3.05, 3.63) is 41.3 Å². The summed E-state index contributed by atoms with van der Waals surface area (Å²) in [5, 5.41) is 1.08. The van der Waals surface area contributed by atoms with Crippen molar-refractivity contribution in [1.82, 2.24) is 4.57 Å². The predicted molar refractivity (Wildman–Crippen MR) is 62.2 cm³/mol. The fourth-order valence-corrected chi connectivity index (χ4v) is 1.76. The summed E-state index contributed by atoms with van der Waals surface area (Å²) in [5.74, 6) is -0.188. The van der Waals surface area contributed by atoms with Crippen molar-refractivity contribution >= 4 is 17.0 Å². The van der Waals surface area contributed by atoms with Crippen molar-refractivity contribution in [2.75, 3.05) is 0 Å². The van der Waals surface area contributed by atoms with Crippen LogP contribution in [0.5, 0.6) is 0 Å². The number of fused-ring (bicyclic) bond motifs is 1. The van der Waals surface area contributed by atoms with E-state index in [-0.39, 0.29) is 5.82 Å². The molecule has 0 saturated heterocycles. The summed E-state index contributed by atoms with van der Waals surface area (Å²) in [5.41, 5.74) is 3.28. The Hall–Kier alpha value is -1.57. The highest BCUT2D eigenvalue weighted by Crippen LogP contribution is 2.21. The number of benzene rings is 1. The van der Waals surface area contributed by atoms with Gasteiger partial charge in [0.05, 0.1) is 5.52 Å². The average Bonchev–Trinajstić information content (AvgIpc) is 2.44.